The van der Waals surface area contributed by atoms with Crippen LogP contribution in [0.25, 0.3) is 0 Å². The highest BCUT2D eigenvalue weighted by Gasteiger charge is 2.42. The van der Waals surface area contributed by atoms with Crippen molar-refractivity contribution in [2.45, 2.75) is 51.2 Å². The predicted molar refractivity (Wildman–Crippen MR) is 142 cm³/mol. The van der Waals surface area contributed by atoms with Gasteiger partial charge in [0.2, 0.25) is 11.7 Å². The number of carbonyl (C=O) groups excluding carboxylic acids is 1. The van der Waals surface area contributed by atoms with Crippen LogP contribution in [0.3, 0.4) is 0 Å². The first-order valence-electron chi connectivity index (χ1n) is 12.5. The van der Waals surface area contributed by atoms with Crippen LogP contribution in [0.15, 0.2) is 47.5 Å². The van der Waals surface area contributed by atoms with Crippen LogP contribution in [0, 0.1) is 0 Å². The van der Waals surface area contributed by atoms with Gasteiger partial charge in [0.1, 0.15) is 18.9 Å². The van der Waals surface area contributed by atoms with Gasteiger partial charge in [0, 0.05) is 33.5 Å². The van der Waals surface area contributed by atoms with Gasteiger partial charge in [-0.25, -0.2) is 14.5 Å². The lowest BCUT2D eigenvalue weighted by molar-refractivity contribution is -0.138. The molecule has 0 N–H and O–H groups in total. The largest absolute Gasteiger partial charge is 0.475 e. The molecule has 1 unspecified atom stereocenters. The van der Waals surface area contributed by atoms with Crippen LogP contribution in [0.2, 0.25) is 25.7 Å². The van der Waals surface area contributed by atoms with Gasteiger partial charge < -0.3 is 19.1 Å². The van der Waals surface area contributed by atoms with Crippen LogP contribution in [0.4, 0.5) is 18.9 Å². The van der Waals surface area contributed by atoms with Crippen molar-refractivity contribution in [1.82, 2.24) is 19.7 Å². The Balaban J connectivity index is 1.64. The van der Waals surface area contributed by atoms with Gasteiger partial charge in [-0.15, -0.1) is 0 Å². The number of nitrogens with zero attached hydrogens (tertiary/aromatic N) is 5. The van der Waals surface area contributed by atoms with Gasteiger partial charge in [-0.2, -0.15) is 23.3 Å². The maximum atomic E-state index is 14.4. The van der Waals surface area contributed by atoms with E-state index in [2.05, 4.69) is 39.4 Å². The maximum Gasteiger partial charge on any atom is 0.423 e. The van der Waals surface area contributed by atoms with Crippen LogP contribution < -0.4 is 15.2 Å². The molecule has 0 saturated carbocycles. The van der Waals surface area contributed by atoms with Crippen molar-refractivity contribution >= 4 is 19.7 Å². The van der Waals surface area contributed by atoms with Gasteiger partial charge in [0.05, 0.1) is 25.0 Å². The number of hydrogen-bond donors (Lipinski definition) is 0. The third-order valence-corrected chi connectivity index (χ3v) is 8.05. The van der Waals surface area contributed by atoms with Crippen LogP contribution >= 0.6 is 0 Å². The Bertz CT molecular complexity index is 1430. The Morgan fingerprint density at radius 2 is 1.93 bits per heavy atom. The molecule has 2 aromatic heterocycles. The van der Waals surface area contributed by atoms with E-state index in [1.807, 2.05) is 0 Å². The Labute approximate surface area is 229 Å². The Hall–Kier alpha value is -3.78. The van der Waals surface area contributed by atoms with E-state index in [4.69, 9.17) is 9.47 Å². The highest BCUT2D eigenvalue weighted by Crippen LogP contribution is 2.42. The van der Waals surface area contributed by atoms with Gasteiger partial charge in [0.25, 0.3) is 5.56 Å². The summed E-state index contributed by atoms with van der Waals surface area (Å²) in [7, 11) is -0.234. The first-order valence-corrected chi connectivity index (χ1v) is 16.2. The molecule has 4 rings (SSSR count). The molecule has 1 atom stereocenters. The summed E-state index contributed by atoms with van der Waals surface area (Å²) in [6.45, 7) is 6.36. The van der Waals surface area contributed by atoms with Crippen molar-refractivity contribution in [2.24, 2.45) is 0 Å². The fourth-order valence-corrected chi connectivity index (χ4v) is 5.02. The summed E-state index contributed by atoms with van der Waals surface area (Å²) in [4.78, 5) is 34.1. The molecule has 0 saturated heterocycles. The minimum Gasteiger partial charge on any atom is -0.475 e. The molecule has 0 bridgehead atoms. The van der Waals surface area contributed by atoms with Crippen LogP contribution in [0.5, 0.6) is 5.88 Å². The smallest absolute Gasteiger partial charge is 0.423 e. The average Bonchev–Trinajstić information content (AvgIpc) is 3.27. The number of ether oxygens (including phenoxy) is 3. The molecule has 0 fully saturated rings. The monoisotopic (exact) mass is 577 g/mol. The second-order valence-corrected chi connectivity index (χ2v) is 16.0. The second-order valence-electron chi connectivity index (χ2n) is 10.4. The Morgan fingerprint density at radius 3 is 2.62 bits per heavy atom. The Kier molecular flexibility index (Phi) is 8.59. The van der Waals surface area contributed by atoms with Crippen molar-refractivity contribution in [2.75, 3.05) is 25.2 Å². The van der Waals surface area contributed by atoms with Crippen LogP contribution in [-0.2, 0) is 28.9 Å². The first kappa shape index (κ1) is 29.2. The molecular weight excluding hydrogens is 547 g/mol. The number of carbonyl (C=O) groups is 1. The molecule has 1 aliphatic rings. The van der Waals surface area contributed by atoms with E-state index in [0.717, 1.165) is 23.4 Å². The number of aromatic nitrogens is 4. The van der Waals surface area contributed by atoms with E-state index in [-0.39, 0.29) is 37.3 Å². The predicted octanol–water partition coefficient (Wildman–Crippen LogP) is 4.29. The van der Waals surface area contributed by atoms with Gasteiger partial charge in [-0.1, -0.05) is 43.9 Å². The minimum atomic E-state index is -4.95. The molecule has 214 valence electrons. The van der Waals surface area contributed by atoms with Crippen molar-refractivity contribution in [3.8, 4) is 5.88 Å². The number of halogens is 3. The van der Waals surface area contributed by atoms with Crippen LogP contribution in [0.1, 0.15) is 33.4 Å². The number of esters is 1. The number of hydrogen-bond acceptors (Lipinski definition) is 9. The highest BCUT2D eigenvalue weighted by molar-refractivity contribution is 6.76. The average molecular weight is 578 g/mol. The second kappa shape index (κ2) is 11.8. The van der Waals surface area contributed by atoms with E-state index in [0.29, 0.717) is 11.3 Å². The number of rotatable bonds is 10. The summed E-state index contributed by atoms with van der Waals surface area (Å²) >= 11 is 0. The summed E-state index contributed by atoms with van der Waals surface area (Å²) < 4.78 is 59.7. The zero-order valence-corrected chi connectivity index (χ0v) is 23.6. The molecule has 10 nitrogen and oxygen atoms in total. The molecule has 3 aromatic rings. The lowest BCUT2D eigenvalue weighted by Gasteiger charge is -2.29. The third-order valence-electron chi connectivity index (χ3n) is 6.34. The quantitative estimate of drug-likeness (QED) is 0.198. The SMILES string of the molecule is COC(=O)c1nccc(OCC2c3ccccc3CN2c2cnn(COCC[Si](C)(C)C)c(=O)c2C(F)(F)F)n1. The topological polar surface area (TPSA) is 109 Å². The molecule has 40 heavy (non-hydrogen) atoms. The summed E-state index contributed by atoms with van der Waals surface area (Å²) in [5, 5.41) is 4.02. The van der Waals surface area contributed by atoms with Crippen molar-refractivity contribution in [1.29, 1.82) is 0 Å². The molecule has 0 aliphatic carbocycles. The van der Waals surface area contributed by atoms with Gasteiger partial charge in [-0.05, 0) is 17.2 Å². The van der Waals surface area contributed by atoms with E-state index in [1.54, 1.807) is 24.3 Å². The number of fused-ring (bicyclic) bond motifs is 1. The fraction of sp³-hybridized carbons (Fsp3) is 0.423. The zero-order valence-electron chi connectivity index (χ0n) is 22.6. The van der Waals surface area contributed by atoms with Gasteiger partial charge >= 0.3 is 12.1 Å². The van der Waals surface area contributed by atoms with Crippen LogP contribution in [-0.4, -0.2) is 54.1 Å². The van der Waals surface area contributed by atoms with E-state index < -0.39 is 37.4 Å². The normalized spacial score (nSPS) is 15.2. The molecule has 0 spiro atoms. The molecule has 14 heteroatoms. The number of anilines is 1. The molecule has 3 heterocycles. The summed E-state index contributed by atoms with van der Waals surface area (Å²) in [6, 6.07) is 8.66. The molecule has 1 aromatic carbocycles. The summed E-state index contributed by atoms with van der Waals surface area (Å²) in [6.07, 6.45) is -2.59. The lowest BCUT2D eigenvalue weighted by atomic mass is 10.1. The van der Waals surface area contributed by atoms with Crippen molar-refractivity contribution in [3.63, 3.8) is 0 Å². The molecule has 1 aliphatic heterocycles. The summed E-state index contributed by atoms with van der Waals surface area (Å²) in [5.41, 5.74) is -1.47. The van der Waals surface area contributed by atoms with Gasteiger partial charge in [-0.3, -0.25) is 4.79 Å². The van der Waals surface area contributed by atoms with Crippen molar-refractivity contribution < 1.29 is 32.2 Å². The fourth-order valence-electron chi connectivity index (χ4n) is 4.26. The zero-order chi connectivity index (χ0) is 29.1. The van der Waals surface area contributed by atoms with Crippen molar-refractivity contribution in [3.05, 3.63) is 75.6 Å². The van der Waals surface area contributed by atoms with E-state index in [9.17, 15) is 22.8 Å². The molecule has 0 radical (unpaired) electrons. The third kappa shape index (κ3) is 6.67. The molecular formula is C26H30F3N5O5Si. The lowest BCUT2D eigenvalue weighted by Crippen LogP contribution is -2.36. The van der Waals surface area contributed by atoms with Gasteiger partial charge in [0.15, 0.2) is 0 Å². The number of methoxy groups -OCH3 is 1. The summed E-state index contributed by atoms with van der Waals surface area (Å²) in [5.74, 6) is -0.938. The van der Waals surface area contributed by atoms with E-state index >= 15 is 0 Å². The number of alkyl halides is 3. The molecule has 0 amide bonds. The maximum absolute atomic E-state index is 14.4. The highest BCUT2D eigenvalue weighted by atomic mass is 28.3. The standard InChI is InChI=1S/C26H30F3N5O5Si/c1-37-25(36)23-30-10-9-21(32-23)39-15-20-18-8-6-5-7-17(18)14-33(20)19-13-31-34(16-38-11-12-40(2,3)4)24(35)22(19)26(27,28)29/h5-10,13,20H,11-12,14-16H2,1-4H3. The first-order chi connectivity index (χ1) is 18.9. The minimum absolute atomic E-state index is 0.0415. The van der Waals surface area contributed by atoms with E-state index in [1.165, 1.54) is 24.3 Å². The Morgan fingerprint density at radius 1 is 1.18 bits per heavy atom. The number of benzene rings is 1.